The molecular formula is C12H26ClN3O2S. The molecule has 0 radical (unpaired) electrons. The topological polar surface area (TPSA) is 52.7 Å². The van der Waals surface area contributed by atoms with Gasteiger partial charge < -0.3 is 5.32 Å². The van der Waals surface area contributed by atoms with Gasteiger partial charge in [0.05, 0.1) is 0 Å². The summed E-state index contributed by atoms with van der Waals surface area (Å²) < 4.78 is 28.8. The lowest BCUT2D eigenvalue weighted by atomic mass is 10.1. The van der Waals surface area contributed by atoms with Gasteiger partial charge in [0.25, 0.3) is 10.2 Å². The second kappa shape index (κ2) is 6.72. The van der Waals surface area contributed by atoms with Crippen LogP contribution in [0, 0.1) is 0 Å². The average Bonchev–Trinajstić information content (AvgIpc) is 2.32. The van der Waals surface area contributed by atoms with Crippen molar-refractivity contribution in [2.75, 3.05) is 19.6 Å². The number of nitrogens with one attached hydrogen (secondary N) is 1. The molecule has 2 aliphatic heterocycles. The minimum absolute atomic E-state index is 0. The van der Waals surface area contributed by atoms with Gasteiger partial charge in [-0.3, -0.25) is 0 Å². The highest BCUT2D eigenvalue weighted by molar-refractivity contribution is 7.86. The highest BCUT2D eigenvalue weighted by Gasteiger charge is 2.39. The van der Waals surface area contributed by atoms with Crippen molar-refractivity contribution < 1.29 is 8.42 Å². The Hall–Kier alpha value is 0.120. The van der Waals surface area contributed by atoms with E-state index in [1.807, 2.05) is 20.8 Å². The van der Waals surface area contributed by atoms with Crippen LogP contribution in [0.3, 0.4) is 0 Å². The van der Waals surface area contributed by atoms with Gasteiger partial charge in [0.1, 0.15) is 0 Å². The van der Waals surface area contributed by atoms with E-state index in [9.17, 15) is 8.42 Å². The molecule has 1 N–H and O–H groups in total. The van der Waals surface area contributed by atoms with Gasteiger partial charge in [-0.1, -0.05) is 6.42 Å². The molecule has 2 fully saturated rings. The van der Waals surface area contributed by atoms with Crippen LogP contribution in [0.25, 0.3) is 0 Å². The first-order valence-corrected chi connectivity index (χ1v) is 8.34. The van der Waals surface area contributed by atoms with Crippen LogP contribution in [0.1, 0.15) is 40.0 Å². The molecular weight excluding hydrogens is 286 g/mol. The van der Waals surface area contributed by atoms with E-state index < -0.39 is 10.2 Å². The zero-order valence-electron chi connectivity index (χ0n) is 12.0. The molecule has 7 heteroatoms. The first-order valence-electron chi connectivity index (χ1n) is 6.95. The van der Waals surface area contributed by atoms with Gasteiger partial charge >= 0.3 is 0 Å². The Morgan fingerprint density at radius 2 is 1.74 bits per heavy atom. The van der Waals surface area contributed by atoms with E-state index >= 15 is 0 Å². The van der Waals surface area contributed by atoms with E-state index in [1.54, 1.807) is 8.61 Å². The molecule has 2 heterocycles. The lowest BCUT2D eigenvalue weighted by molar-refractivity contribution is 0.199. The predicted molar refractivity (Wildman–Crippen MR) is 79.8 cm³/mol. The number of hydrogen-bond donors (Lipinski definition) is 1. The molecule has 3 atom stereocenters. The molecule has 0 aliphatic carbocycles. The quantitative estimate of drug-likeness (QED) is 0.834. The Balaban J connectivity index is 0.00000180. The van der Waals surface area contributed by atoms with E-state index in [2.05, 4.69) is 5.32 Å². The summed E-state index contributed by atoms with van der Waals surface area (Å²) in [6, 6.07) is 0.414. The van der Waals surface area contributed by atoms with Gasteiger partial charge in [0.2, 0.25) is 0 Å². The monoisotopic (exact) mass is 311 g/mol. The third-order valence-electron chi connectivity index (χ3n) is 4.04. The van der Waals surface area contributed by atoms with Crippen molar-refractivity contribution >= 4 is 22.6 Å². The van der Waals surface area contributed by atoms with Crippen molar-refractivity contribution in [3.8, 4) is 0 Å². The smallest absolute Gasteiger partial charge is 0.282 e. The molecule has 3 unspecified atom stereocenters. The SMILES string of the molecule is CC1CN(S(=O)(=O)N2CCCCC2C)C(C)CN1.Cl. The number of piperidine rings is 1. The van der Waals surface area contributed by atoms with E-state index in [0.29, 0.717) is 13.1 Å². The van der Waals surface area contributed by atoms with Crippen LogP contribution < -0.4 is 5.32 Å². The third-order valence-corrected chi connectivity index (χ3v) is 6.28. The predicted octanol–water partition coefficient (Wildman–Crippen LogP) is 1.21. The summed E-state index contributed by atoms with van der Waals surface area (Å²) in [5, 5.41) is 3.32. The summed E-state index contributed by atoms with van der Waals surface area (Å²) in [5.74, 6) is 0. The molecule has 0 bridgehead atoms. The van der Waals surface area contributed by atoms with E-state index in [4.69, 9.17) is 0 Å². The Morgan fingerprint density at radius 3 is 2.37 bits per heavy atom. The highest BCUT2D eigenvalue weighted by Crippen LogP contribution is 2.24. The van der Waals surface area contributed by atoms with Gasteiger partial charge in [0.15, 0.2) is 0 Å². The zero-order valence-corrected chi connectivity index (χ0v) is 13.6. The second-order valence-electron chi connectivity index (χ2n) is 5.69. The fourth-order valence-corrected chi connectivity index (χ4v) is 4.99. The van der Waals surface area contributed by atoms with Crippen molar-refractivity contribution in [1.29, 1.82) is 0 Å². The van der Waals surface area contributed by atoms with Gasteiger partial charge in [-0.2, -0.15) is 17.0 Å². The number of piperazine rings is 1. The molecule has 0 aromatic carbocycles. The third kappa shape index (κ3) is 3.61. The Kier molecular flexibility index (Phi) is 6.07. The van der Waals surface area contributed by atoms with E-state index in [-0.39, 0.29) is 30.5 Å². The van der Waals surface area contributed by atoms with Crippen molar-refractivity contribution in [3.63, 3.8) is 0 Å². The summed E-state index contributed by atoms with van der Waals surface area (Å²) in [5.41, 5.74) is 0. The Labute approximate surface area is 123 Å². The average molecular weight is 312 g/mol. The van der Waals surface area contributed by atoms with Crippen molar-refractivity contribution in [1.82, 2.24) is 13.9 Å². The van der Waals surface area contributed by atoms with Gasteiger partial charge in [-0.25, -0.2) is 0 Å². The molecule has 2 saturated heterocycles. The second-order valence-corrected chi connectivity index (χ2v) is 7.53. The standard InChI is InChI=1S/C12H25N3O2S.ClH/c1-10-9-15(12(3)8-13-10)18(16,17)14-7-5-4-6-11(14)2;/h10-13H,4-9H2,1-3H3;1H. The number of nitrogens with zero attached hydrogens (tertiary/aromatic N) is 2. The maximum atomic E-state index is 12.7. The summed E-state index contributed by atoms with van der Waals surface area (Å²) >= 11 is 0. The zero-order chi connectivity index (χ0) is 13.3. The van der Waals surface area contributed by atoms with Gasteiger partial charge in [-0.05, 0) is 33.6 Å². The molecule has 0 saturated carbocycles. The molecule has 0 amide bonds. The molecule has 2 aliphatic rings. The molecule has 2 rings (SSSR count). The van der Waals surface area contributed by atoms with Crippen LogP contribution in [-0.4, -0.2) is 54.8 Å². The van der Waals surface area contributed by atoms with Crippen LogP contribution in [0.5, 0.6) is 0 Å². The fourth-order valence-electron chi connectivity index (χ4n) is 2.86. The lowest BCUT2D eigenvalue weighted by Gasteiger charge is -2.42. The first-order chi connectivity index (χ1) is 8.43. The number of rotatable bonds is 2. The molecule has 19 heavy (non-hydrogen) atoms. The molecule has 0 spiro atoms. The van der Waals surface area contributed by atoms with Crippen molar-refractivity contribution in [3.05, 3.63) is 0 Å². The fraction of sp³-hybridized carbons (Fsp3) is 1.00. The summed E-state index contributed by atoms with van der Waals surface area (Å²) in [6.45, 7) is 8.02. The van der Waals surface area contributed by atoms with Gasteiger partial charge in [-0.15, -0.1) is 12.4 Å². The highest BCUT2D eigenvalue weighted by atomic mass is 35.5. The molecule has 0 aromatic rings. The minimum Gasteiger partial charge on any atom is -0.311 e. The largest absolute Gasteiger partial charge is 0.311 e. The number of hydrogen-bond acceptors (Lipinski definition) is 3. The maximum absolute atomic E-state index is 12.7. The first kappa shape index (κ1) is 17.2. The van der Waals surface area contributed by atoms with E-state index in [1.165, 1.54) is 0 Å². The molecule has 5 nitrogen and oxygen atoms in total. The van der Waals surface area contributed by atoms with Crippen molar-refractivity contribution in [2.45, 2.75) is 58.2 Å². The van der Waals surface area contributed by atoms with Crippen LogP contribution in [0.15, 0.2) is 0 Å². The minimum atomic E-state index is -3.29. The Morgan fingerprint density at radius 1 is 1.05 bits per heavy atom. The van der Waals surface area contributed by atoms with E-state index in [0.717, 1.165) is 25.8 Å². The maximum Gasteiger partial charge on any atom is 0.282 e. The van der Waals surface area contributed by atoms with Crippen molar-refractivity contribution in [2.24, 2.45) is 0 Å². The van der Waals surface area contributed by atoms with Crippen LogP contribution in [0.2, 0.25) is 0 Å². The van der Waals surface area contributed by atoms with Crippen LogP contribution in [0.4, 0.5) is 0 Å². The lowest BCUT2D eigenvalue weighted by Crippen LogP contribution is -2.60. The van der Waals surface area contributed by atoms with Gasteiger partial charge in [0, 0.05) is 37.8 Å². The summed E-state index contributed by atoms with van der Waals surface area (Å²) in [6.07, 6.45) is 3.11. The summed E-state index contributed by atoms with van der Waals surface area (Å²) in [4.78, 5) is 0. The summed E-state index contributed by atoms with van der Waals surface area (Å²) in [7, 11) is -3.29. The normalized spacial score (nSPS) is 34.8. The molecule has 0 aromatic heterocycles. The Bertz CT molecular complexity index is 390. The van der Waals surface area contributed by atoms with Crippen LogP contribution >= 0.6 is 12.4 Å². The van der Waals surface area contributed by atoms with Crippen LogP contribution in [-0.2, 0) is 10.2 Å². The number of halogens is 1. The molecule has 114 valence electrons.